The van der Waals surface area contributed by atoms with Crippen molar-refractivity contribution in [1.82, 2.24) is 4.90 Å². The first kappa shape index (κ1) is 18.7. The molecule has 0 aliphatic carbocycles. The Bertz CT molecular complexity index is 414. The molecule has 1 heterocycles. The van der Waals surface area contributed by atoms with Crippen molar-refractivity contribution in [3.05, 3.63) is 0 Å². The van der Waals surface area contributed by atoms with Crippen LogP contribution < -0.4 is 0 Å². The van der Waals surface area contributed by atoms with Crippen LogP contribution in [0.15, 0.2) is 0 Å². The molecule has 1 rings (SSSR count). The van der Waals surface area contributed by atoms with Crippen molar-refractivity contribution in [1.29, 1.82) is 0 Å². The standard InChI is InChI=1S/C16H29NO5/c1-10(2)11(3)12(13(18)20-8)22-14(19)17-15(4,5)9-21-16(17,6)7/h10-12H,9H2,1-8H3/t11-,12+/m0/s1. The maximum Gasteiger partial charge on any atom is 0.413 e. The summed E-state index contributed by atoms with van der Waals surface area (Å²) in [5.74, 6) is -0.510. The van der Waals surface area contributed by atoms with Crippen LogP contribution in [0, 0.1) is 11.8 Å². The Morgan fingerprint density at radius 2 is 1.68 bits per heavy atom. The highest BCUT2D eigenvalue weighted by atomic mass is 16.6. The summed E-state index contributed by atoms with van der Waals surface area (Å²) in [4.78, 5) is 26.2. The molecule has 1 amide bonds. The highest BCUT2D eigenvalue weighted by Crippen LogP contribution is 2.35. The molecule has 0 bridgehead atoms. The minimum Gasteiger partial charge on any atom is -0.466 e. The SMILES string of the molecule is COC(=O)[C@H](OC(=O)N1C(C)(C)COC1(C)C)[C@@H](C)C(C)C. The molecule has 2 atom stereocenters. The van der Waals surface area contributed by atoms with Crippen molar-refractivity contribution in [2.45, 2.75) is 65.8 Å². The van der Waals surface area contributed by atoms with Crippen LogP contribution in [0.3, 0.4) is 0 Å². The number of amides is 1. The fourth-order valence-corrected chi connectivity index (χ4v) is 2.68. The Labute approximate surface area is 133 Å². The molecule has 1 aliphatic heterocycles. The lowest BCUT2D eigenvalue weighted by atomic mass is 9.92. The van der Waals surface area contributed by atoms with E-state index in [-0.39, 0.29) is 11.8 Å². The van der Waals surface area contributed by atoms with Crippen LogP contribution in [0.2, 0.25) is 0 Å². The summed E-state index contributed by atoms with van der Waals surface area (Å²) in [5, 5.41) is 0. The van der Waals surface area contributed by atoms with E-state index in [4.69, 9.17) is 14.2 Å². The Kier molecular flexibility index (Phi) is 5.49. The summed E-state index contributed by atoms with van der Waals surface area (Å²) >= 11 is 0. The van der Waals surface area contributed by atoms with E-state index in [0.717, 1.165) is 0 Å². The van der Waals surface area contributed by atoms with Gasteiger partial charge >= 0.3 is 12.1 Å². The largest absolute Gasteiger partial charge is 0.466 e. The number of rotatable bonds is 4. The number of carbonyl (C=O) groups excluding carboxylic acids is 2. The zero-order chi connectivity index (χ0) is 17.3. The van der Waals surface area contributed by atoms with Crippen molar-refractivity contribution in [3.63, 3.8) is 0 Å². The van der Waals surface area contributed by atoms with E-state index in [2.05, 4.69) is 0 Å². The van der Waals surface area contributed by atoms with Gasteiger partial charge in [-0.3, -0.25) is 4.90 Å². The third-order valence-corrected chi connectivity index (χ3v) is 4.30. The summed E-state index contributed by atoms with van der Waals surface area (Å²) in [5.41, 5.74) is -1.27. The maximum absolute atomic E-state index is 12.7. The van der Waals surface area contributed by atoms with Gasteiger partial charge in [0.2, 0.25) is 6.10 Å². The molecule has 6 nitrogen and oxygen atoms in total. The van der Waals surface area contributed by atoms with Gasteiger partial charge in [0.15, 0.2) is 0 Å². The van der Waals surface area contributed by atoms with Crippen molar-refractivity contribution >= 4 is 12.1 Å². The van der Waals surface area contributed by atoms with Gasteiger partial charge < -0.3 is 14.2 Å². The Morgan fingerprint density at radius 1 is 1.14 bits per heavy atom. The van der Waals surface area contributed by atoms with Crippen LogP contribution in [0.1, 0.15) is 48.5 Å². The summed E-state index contributed by atoms with van der Waals surface area (Å²) in [6.45, 7) is 13.7. The molecule has 22 heavy (non-hydrogen) atoms. The molecule has 1 fully saturated rings. The molecule has 0 radical (unpaired) electrons. The minimum absolute atomic E-state index is 0.147. The molecule has 6 heteroatoms. The fraction of sp³-hybridized carbons (Fsp3) is 0.875. The lowest BCUT2D eigenvalue weighted by Gasteiger charge is -2.38. The molecule has 1 saturated heterocycles. The molecule has 0 aromatic heterocycles. The zero-order valence-electron chi connectivity index (χ0n) is 14.9. The van der Waals surface area contributed by atoms with Crippen LogP contribution in [0.5, 0.6) is 0 Å². The Balaban J connectivity index is 2.98. The van der Waals surface area contributed by atoms with E-state index in [1.807, 2.05) is 48.5 Å². The molecule has 0 spiro atoms. The molecule has 128 valence electrons. The fourth-order valence-electron chi connectivity index (χ4n) is 2.68. The lowest BCUT2D eigenvalue weighted by molar-refractivity contribution is -0.156. The summed E-state index contributed by atoms with van der Waals surface area (Å²) < 4.78 is 16.0. The smallest absolute Gasteiger partial charge is 0.413 e. The quantitative estimate of drug-likeness (QED) is 0.746. The lowest BCUT2D eigenvalue weighted by Crippen LogP contribution is -2.54. The van der Waals surface area contributed by atoms with Crippen LogP contribution in [-0.4, -0.2) is 48.0 Å². The summed E-state index contributed by atoms with van der Waals surface area (Å²) in [6, 6.07) is 0. The van der Waals surface area contributed by atoms with Gasteiger partial charge in [-0.15, -0.1) is 0 Å². The van der Waals surface area contributed by atoms with Gasteiger partial charge in [0.05, 0.1) is 19.3 Å². The first-order chi connectivity index (χ1) is 9.94. The number of ether oxygens (including phenoxy) is 3. The van der Waals surface area contributed by atoms with Gasteiger partial charge in [-0.2, -0.15) is 0 Å². The highest BCUT2D eigenvalue weighted by molar-refractivity contribution is 5.79. The van der Waals surface area contributed by atoms with Gasteiger partial charge in [0, 0.05) is 5.92 Å². The number of hydrogen-bond acceptors (Lipinski definition) is 5. The second-order valence-electron chi connectivity index (χ2n) is 7.31. The second kappa shape index (κ2) is 6.44. The normalized spacial score (nSPS) is 22.3. The molecule has 0 unspecified atom stereocenters. The average Bonchev–Trinajstić information content (AvgIpc) is 2.62. The van der Waals surface area contributed by atoms with E-state index in [9.17, 15) is 9.59 Å². The third kappa shape index (κ3) is 3.72. The molecule has 0 aromatic rings. The number of hydrogen-bond donors (Lipinski definition) is 0. The first-order valence-corrected chi connectivity index (χ1v) is 7.67. The van der Waals surface area contributed by atoms with Crippen LogP contribution in [0.4, 0.5) is 4.79 Å². The van der Waals surface area contributed by atoms with Gasteiger partial charge in [0.1, 0.15) is 5.72 Å². The predicted molar refractivity (Wildman–Crippen MR) is 82.2 cm³/mol. The van der Waals surface area contributed by atoms with E-state index >= 15 is 0 Å². The predicted octanol–water partition coefficient (Wildman–Crippen LogP) is 2.80. The number of nitrogens with zero attached hydrogens (tertiary/aromatic N) is 1. The van der Waals surface area contributed by atoms with Gasteiger partial charge in [-0.05, 0) is 33.6 Å². The van der Waals surface area contributed by atoms with Gasteiger partial charge in [0.25, 0.3) is 0 Å². The Hall–Kier alpha value is -1.30. The number of esters is 1. The second-order valence-corrected chi connectivity index (χ2v) is 7.31. The third-order valence-electron chi connectivity index (χ3n) is 4.30. The highest BCUT2D eigenvalue weighted by Gasteiger charge is 2.50. The molecule has 0 saturated carbocycles. The molecular formula is C16H29NO5. The summed E-state index contributed by atoms with van der Waals surface area (Å²) in [7, 11) is 1.29. The van der Waals surface area contributed by atoms with Crippen molar-refractivity contribution in [2.24, 2.45) is 11.8 Å². The van der Waals surface area contributed by atoms with Gasteiger partial charge in [-0.1, -0.05) is 20.8 Å². The average molecular weight is 315 g/mol. The monoisotopic (exact) mass is 315 g/mol. The van der Waals surface area contributed by atoms with E-state index in [1.54, 1.807) is 4.90 Å². The summed E-state index contributed by atoms with van der Waals surface area (Å²) in [6.07, 6.45) is -1.49. The molecule has 1 aliphatic rings. The van der Waals surface area contributed by atoms with Gasteiger partial charge in [-0.25, -0.2) is 9.59 Å². The van der Waals surface area contributed by atoms with Crippen LogP contribution in [0.25, 0.3) is 0 Å². The molecule has 0 aromatic carbocycles. The van der Waals surface area contributed by atoms with E-state index in [0.29, 0.717) is 6.61 Å². The van der Waals surface area contributed by atoms with Crippen molar-refractivity contribution in [2.75, 3.05) is 13.7 Å². The number of carbonyl (C=O) groups is 2. The van der Waals surface area contributed by atoms with Crippen LogP contribution in [-0.2, 0) is 19.0 Å². The number of methoxy groups -OCH3 is 1. The van der Waals surface area contributed by atoms with Crippen LogP contribution >= 0.6 is 0 Å². The topological polar surface area (TPSA) is 65.1 Å². The maximum atomic E-state index is 12.7. The molecular weight excluding hydrogens is 286 g/mol. The minimum atomic E-state index is -0.926. The van der Waals surface area contributed by atoms with Crippen molar-refractivity contribution < 1.29 is 23.8 Å². The van der Waals surface area contributed by atoms with Crippen molar-refractivity contribution in [3.8, 4) is 0 Å². The first-order valence-electron chi connectivity index (χ1n) is 7.67. The van der Waals surface area contributed by atoms with E-state index in [1.165, 1.54) is 7.11 Å². The van der Waals surface area contributed by atoms with E-state index < -0.39 is 29.4 Å². The zero-order valence-corrected chi connectivity index (χ0v) is 14.9. The molecule has 0 N–H and O–H groups in total. The Morgan fingerprint density at radius 3 is 2.05 bits per heavy atom.